The van der Waals surface area contributed by atoms with Crippen LogP contribution < -0.4 is 0 Å². The molecule has 1 saturated heterocycles. The van der Waals surface area contributed by atoms with Gasteiger partial charge in [-0.25, -0.2) is 0 Å². The van der Waals surface area contributed by atoms with Gasteiger partial charge in [-0.2, -0.15) is 0 Å². The van der Waals surface area contributed by atoms with Gasteiger partial charge < -0.3 is 14.4 Å². The molecule has 3 rings (SSSR count). The molecule has 4 nitrogen and oxygen atoms in total. The molecule has 1 aliphatic carbocycles. The monoisotopic (exact) mass is 303 g/mol. The number of hydrogen-bond donors (Lipinski definition) is 0. The highest BCUT2D eigenvalue weighted by molar-refractivity contribution is 5.79. The average Bonchev–Trinajstić information content (AvgIpc) is 2.85. The van der Waals surface area contributed by atoms with Gasteiger partial charge in [-0.05, 0) is 23.8 Å². The van der Waals surface area contributed by atoms with Crippen molar-refractivity contribution in [3.63, 3.8) is 0 Å². The van der Waals surface area contributed by atoms with E-state index in [1.54, 1.807) is 14.2 Å². The maximum atomic E-state index is 12.4. The Morgan fingerprint density at radius 3 is 2.27 bits per heavy atom. The normalized spacial score (nSPS) is 23.2. The van der Waals surface area contributed by atoms with Crippen LogP contribution in [0.5, 0.6) is 0 Å². The summed E-state index contributed by atoms with van der Waals surface area (Å²) < 4.78 is 11.1. The van der Waals surface area contributed by atoms with E-state index in [0.29, 0.717) is 6.42 Å². The molecule has 2 aliphatic rings. The molecule has 0 bridgehead atoms. The summed E-state index contributed by atoms with van der Waals surface area (Å²) in [6.07, 6.45) is 4.39. The van der Waals surface area contributed by atoms with Gasteiger partial charge in [0, 0.05) is 46.6 Å². The van der Waals surface area contributed by atoms with E-state index >= 15 is 0 Å². The van der Waals surface area contributed by atoms with E-state index in [1.165, 1.54) is 5.56 Å². The molecule has 0 unspecified atom stereocenters. The van der Waals surface area contributed by atoms with E-state index in [9.17, 15) is 4.79 Å². The van der Waals surface area contributed by atoms with Gasteiger partial charge in [0.25, 0.3) is 0 Å². The van der Waals surface area contributed by atoms with E-state index < -0.39 is 5.79 Å². The lowest BCUT2D eigenvalue weighted by molar-refractivity contribution is -0.233. The number of hydrogen-bond acceptors (Lipinski definition) is 3. The number of nitrogens with zero attached hydrogens (tertiary/aromatic N) is 1. The first kappa shape index (κ1) is 15.5. The van der Waals surface area contributed by atoms with Crippen molar-refractivity contribution in [3.05, 3.63) is 35.9 Å². The summed E-state index contributed by atoms with van der Waals surface area (Å²) in [5.74, 6) is -0.160. The molecule has 1 aromatic rings. The number of ether oxygens (including phenoxy) is 2. The van der Waals surface area contributed by atoms with Crippen molar-refractivity contribution < 1.29 is 14.3 Å². The molecule has 0 radical (unpaired) electrons. The number of likely N-dealkylation sites (tertiary alicyclic amines) is 1. The highest BCUT2D eigenvalue weighted by Gasteiger charge is 2.49. The first-order valence-electron chi connectivity index (χ1n) is 8.02. The molecule has 4 heteroatoms. The van der Waals surface area contributed by atoms with Crippen molar-refractivity contribution in [3.8, 4) is 0 Å². The van der Waals surface area contributed by atoms with Crippen molar-refractivity contribution in [1.29, 1.82) is 0 Å². The number of rotatable bonds is 4. The average molecular weight is 303 g/mol. The van der Waals surface area contributed by atoms with Crippen LogP contribution in [-0.4, -0.2) is 37.4 Å². The Kier molecular flexibility index (Phi) is 4.24. The lowest BCUT2D eigenvalue weighted by Gasteiger charge is -2.42. The standard InChI is InChI=1S/C18H25NO3/c1-21-18(22-2)10-8-17(9-11-18)12-16(20)19(14-17)13-15-6-4-3-5-7-15/h3-7H,8-14H2,1-2H3. The highest BCUT2D eigenvalue weighted by Crippen LogP contribution is 2.48. The van der Waals surface area contributed by atoms with Crippen LogP contribution in [0.4, 0.5) is 0 Å². The minimum atomic E-state index is -0.443. The van der Waals surface area contributed by atoms with E-state index in [0.717, 1.165) is 38.8 Å². The molecule has 0 aromatic heterocycles. The molecule has 1 heterocycles. The molecular weight excluding hydrogens is 278 g/mol. The van der Waals surface area contributed by atoms with Gasteiger partial charge in [0.2, 0.25) is 5.91 Å². The molecule has 1 aliphatic heterocycles. The lowest BCUT2D eigenvalue weighted by Crippen LogP contribution is -2.43. The van der Waals surface area contributed by atoms with E-state index in [2.05, 4.69) is 12.1 Å². The summed E-state index contributed by atoms with van der Waals surface area (Å²) in [6, 6.07) is 10.2. The molecule has 0 N–H and O–H groups in total. The summed E-state index contributed by atoms with van der Waals surface area (Å²) >= 11 is 0. The van der Waals surface area contributed by atoms with Crippen LogP contribution in [-0.2, 0) is 20.8 Å². The zero-order valence-corrected chi connectivity index (χ0v) is 13.5. The second-order valence-corrected chi connectivity index (χ2v) is 6.73. The van der Waals surface area contributed by atoms with Crippen LogP contribution >= 0.6 is 0 Å². The third-order valence-electron chi connectivity index (χ3n) is 5.44. The maximum absolute atomic E-state index is 12.4. The predicted molar refractivity (Wildman–Crippen MR) is 84.1 cm³/mol. The van der Waals surface area contributed by atoms with Gasteiger partial charge >= 0.3 is 0 Å². The highest BCUT2D eigenvalue weighted by atomic mass is 16.7. The summed E-state index contributed by atoms with van der Waals surface area (Å²) in [5, 5.41) is 0. The zero-order valence-electron chi connectivity index (χ0n) is 13.5. The van der Waals surface area contributed by atoms with Crippen molar-refractivity contribution in [1.82, 2.24) is 4.90 Å². The number of amides is 1. The van der Waals surface area contributed by atoms with Crippen LogP contribution in [0.1, 0.15) is 37.7 Å². The Morgan fingerprint density at radius 1 is 1.05 bits per heavy atom. The minimum absolute atomic E-state index is 0.117. The summed E-state index contributed by atoms with van der Waals surface area (Å²) in [7, 11) is 3.42. The molecular formula is C18H25NO3. The second kappa shape index (κ2) is 6.01. The van der Waals surface area contributed by atoms with Crippen LogP contribution in [0.2, 0.25) is 0 Å². The smallest absolute Gasteiger partial charge is 0.223 e. The Labute approximate surface area is 132 Å². The van der Waals surface area contributed by atoms with Gasteiger partial charge in [-0.1, -0.05) is 30.3 Å². The van der Waals surface area contributed by atoms with Crippen LogP contribution in [0.3, 0.4) is 0 Å². The summed E-state index contributed by atoms with van der Waals surface area (Å²) in [4.78, 5) is 14.4. The van der Waals surface area contributed by atoms with Crippen molar-refractivity contribution in [2.45, 2.75) is 44.4 Å². The van der Waals surface area contributed by atoms with Gasteiger partial charge in [0.05, 0.1) is 0 Å². The lowest BCUT2D eigenvalue weighted by atomic mass is 9.71. The number of methoxy groups -OCH3 is 2. The van der Waals surface area contributed by atoms with Gasteiger partial charge in [-0.3, -0.25) is 4.79 Å². The number of carbonyl (C=O) groups excluding carboxylic acids is 1. The third kappa shape index (κ3) is 2.90. The third-order valence-corrected chi connectivity index (χ3v) is 5.44. The first-order chi connectivity index (χ1) is 10.6. The Morgan fingerprint density at radius 2 is 1.68 bits per heavy atom. The molecule has 1 spiro atoms. The SMILES string of the molecule is COC1(OC)CCC2(CC1)CC(=O)N(Cc1ccccc1)C2. The van der Waals surface area contributed by atoms with Crippen LogP contribution in [0.25, 0.3) is 0 Å². The van der Waals surface area contributed by atoms with Crippen molar-refractivity contribution >= 4 is 5.91 Å². The van der Waals surface area contributed by atoms with Crippen molar-refractivity contribution in [2.75, 3.05) is 20.8 Å². The van der Waals surface area contributed by atoms with Crippen LogP contribution in [0, 0.1) is 5.41 Å². The fourth-order valence-electron chi connectivity index (χ4n) is 3.92. The van der Waals surface area contributed by atoms with Gasteiger partial charge in [0.1, 0.15) is 0 Å². The number of benzene rings is 1. The maximum Gasteiger partial charge on any atom is 0.223 e. The van der Waals surface area contributed by atoms with E-state index in [1.807, 2.05) is 23.1 Å². The molecule has 1 saturated carbocycles. The fraction of sp³-hybridized carbons (Fsp3) is 0.611. The Hall–Kier alpha value is -1.39. The molecule has 0 atom stereocenters. The quantitative estimate of drug-likeness (QED) is 0.803. The second-order valence-electron chi connectivity index (χ2n) is 6.73. The van der Waals surface area contributed by atoms with Crippen molar-refractivity contribution in [2.24, 2.45) is 5.41 Å². The predicted octanol–water partition coefficient (Wildman–Crippen LogP) is 2.97. The molecule has 120 valence electrons. The van der Waals surface area contributed by atoms with Gasteiger partial charge in [0.15, 0.2) is 5.79 Å². The van der Waals surface area contributed by atoms with E-state index in [4.69, 9.17) is 9.47 Å². The first-order valence-corrected chi connectivity index (χ1v) is 8.02. The molecule has 1 aromatic carbocycles. The summed E-state index contributed by atoms with van der Waals surface area (Å²) in [6.45, 7) is 1.59. The molecule has 2 fully saturated rings. The zero-order chi connectivity index (χ0) is 15.6. The largest absolute Gasteiger partial charge is 0.353 e. The summed E-state index contributed by atoms with van der Waals surface area (Å²) in [5.41, 5.74) is 1.32. The van der Waals surface area contributed by atoms with Crippen LogP contribution in [0.15, 0.2) is 30.3 Å². The Balaban J connectivity index is 1.65. The Bertz CT molecular complexity index is 514. The number of carbonyl (C=O) groups is 1. The van der Waals surface area contributed by atoms with Gasteiger partial charge in [-0.15, -0.1) is 0 Å². The fourth-order valence-corrected chi connectivity index (χ4v) is 3.92. The van der Waals surface area contributed by atoms with E-state index in [-0.39, 0.29) is 11.3 Å². The topological polar surface area (TPSA) is 38.8 Å². The molecule has 1 amide bonds. The minimum Gasteiger partial charge on any atom is -0.353 e. The molecule has 22 heavy (non-hydrogen) atoms.